The molecule has 0 unspecified atom stereocenters. The molecule has 3 saturated heterocycles. The number of aliphatic carboxylic acids is 2. The van der Waals surface area contributed by atoms with Gasteiger partial charge in [0.2, 0.25) is 5.91 Å². The Morgan fingerprint density at radius 2 is 1.46 bits per heavy atom. The molecule has 1 spiro atoms. The lowest BCUT2D eigenvalue weighted by Gasteiger charge is -2.51. The number of rotatable bonds is 4. The molecule has 15 heteroatoms. The number of hydrogen-bond acceptors (Lipinski definition) is 6. The highest BCUT2D eigenvalue weighted by molar-refractivity contribution is 5.87. The second kappa shape index (κ2) is 14.0. The predicted octanol–water partition coefficient (Wildman–Crippen LogP) is 2.47. The molecule has 3 rings (SSSR count). The van der Waals surface area contributed by atoms with Crippen LogP contribution in [0.5, 0.6) is 0 Å². The van der Waals surface area contributed by atoms with Gasteiger partial charge in [0, 0.05) is 52.5 Å². The monoisotopic (exact) mass is 549 g/mol. The fourth-order valence-electron chi connectivity index (χ4n) is 4.37. The highest BCUT2D eigenvalue weighted by Crippen LogP contribution is 2.33. The average molecular weight is 550 g/mol. The summed E-state index contributed by atoms with van der Waals surface area (Å²) in [7, 11) is 2.12. The van der Waals surface area contributed by atoms with E-state index in [4.69, 9.17) is 24.5 Å². The zero-order valence-corrected chi connectivity index (χ0v) is 20.5. The lowest BCUT2D eigenvalue weighted by molar-refractivity contribution is -0.193. The van der Waals surface area contributed by atoms with E-state index in [2.05, 4.69) is 23.4 Å². The number of hydrogen-bond donors (Lipinski definition) is 2. The van der Waals surface area contributed by atoms with Crippen LogP contribution in [-0.4, -0.2) is 120 Å². The number of ether oxygens (including phenoxy) is 1. The van der Waals surface area contributed by atoms with Crippen LogP contribution in [0.2, 0.25) is 0 Å². The Balaban J connectivity index is 0.000000404. The fraction of sp³-hybridized carbons (Fsp3) is 0.773. The largest absolute Gasteiger partial charge is 0.490 e. The number of nitrogens with zero attached hydrogens (tertiary/aromatic N) is 3. The van der Waals surface area contributed by atoms with E-state index < -0.39 is 24.3 Å². The molecule has 37 heavy (non-hydrogen) atoms. The van der Waals surface area contributed by atoms with Crippen LogP contribution in [0.25, 0.3) is 0 Å². The molecule has 0 aromatic carbocycles. The normalized spacial score (nSPS) is 21.4. The Labute approximate surface area is 210 Å². The quantitative estimate of drug-likeness (QED) is 0.407. The van der Waals surface area contributed by atoms with Crippen molar-refractivity contribution in [3.05, 3.63) is 12.7 Å². The molecule has 0 aliphatic carbocycles. The lowest BCUT2D eigenvalue weighted by atomic mass is 9.82. The van der Waals surface area contributed by atoms with Crippen LogP contribution >= 0.6 is 0 Å². The van der Waals surface area contributed by atoms with Crippen molar-refractivity contribution in [2.75, 3.05) is 59.5 Å². The van der Waals surface area contributed by atoms with Gasteiger partial charge in [-0.05, 0) is 38.6 Å². The van der Waals surface area contributed by atoms with E-state index in [-0.39, 0.29) is 5.54 Å². The summed E-state index contributed by atoms with van der Waals surface area (Å²) in [4.78, 5) is 37.7. The van der Waals surface area contributed by atoms with Crippen LogP contribution in [0.4, 0.5) is 26.3 Å². The Morgan fingerprint density at radius 1 is 1.00 bits per heavy atom. The van der Waals surface area contributed by atoms with Crippen molar-refractivity contribution in [3.8, 4) is 0 Å². The zero-order valence-electron chi connectivity index (χ0n) is 20.5. The zero-order chi connectivity index (χ0) is 28.4. The van der Waals surface area contributed by atoms with Crippen LogP contribution in [0.1, 0.15) is 25.7 Å². The molecule has 0 atom stereocenters. The third kappa shape index (κ3) is 10.1. The first-order chi connectivity index (χ1) is 17.0. The molecule has 1 amide bonds. The highest BCUT2D eigenvalue weighted by Gasteiger charge is 2.49. The number of carbonyl (C=O) groups is 3. The molecule has 0 bridgehead atoms. The molecule has 3 aliphatic heterocycles. The summed E-state index contributed by atoms with van der Waals surface area (Å²) in [6, 6.07) is 0. The van der Waals surface area contributed by atoms with Crippen molar-refractivity contribution in [3.63, 3.8) is 0 Å². The van der Waals surface area contributed by atoms with Crippen molar-refractivity contribution < 1.29 is 55.7 Å². The topological polar surface area (TPSA) is 111 Å². The number of likely N-dealkylation sites (tertiary alicyclic amines) is 1. The third-order valence-corrected chi connectivity index (χ3v) is 6.50. The van der Waals surface area contributed by atoms with Crippen LogP contribution in [0.3, 0.4) is 0 Å². The van der Waals surface area contributed by atoms with Gasteiger partial charge in [0.05, 0.1) is 0 Å². The molecule has 3 heterocycles. The van der Waals surface area contributed by atoms with Crippen molar-refractivity contribution in [1.29, 1.82) is 0 Å². The van der Waals surface area contributed by atoms with Crippen LogP contribution in [0, 0.1) is 5.92 Å². The third-order valence-electron chi connectivity index (χ3n) is 6.50. The number of likely N-dealkylation sites (N-methyl/N-ethyl adjacent to an activating group) is 1. The predicted molar refractivity (Wildman–Crippen MR) is 119 cm³/mol. The lowest BCUT2D eigenvalue weighted by Crippen LogP contribution is -2.67. The number of carboxylic acid groups (broad SMARTS) is 2. The van der Waals surface area contributed by atoms with E-state index in [1.807, 2.05) is 11.0 Å². The van der Waals surface area contributed by atoms with E-state index in [0.29, 0.717) is 12.5 Å². The minimum Gasteiger partial charge on any atom is -0.475 e. The smallest absolute Gasteiger partial charge is 0.475 e. The second-order valence-electron chi connectivity index (χ2n) is 8.96. The van der Waals surface area contributed by atoms with E-state index in [1.54, 1.807) is 0 Å². The first-order valence-corrected chi connectivity index (χ1v) is 11.6. The summed E-state index contributed by atoms with van der Waals surface area (Å²) < 4.78 is 68.9. The molecule has 3 fully saturated rings. The minimum atomic E-state index is -5.08. The van der Waals surface area contributed by atoms with E-state index in [1.165, 1.54) is 19.4 Å². The Hall–Kier alpha value is -2.39. The summed E-state index contributed by atoms with van der Waals surface area (Å²) in [6.07, 6.45) is -4.03. The fourth-order valence-corrected chi connectivity index (χ4v) is 4.37. The molecular weight excluding hydrogens is 516 g/mol. The number of amides is 1. The Kier molecular flexibility index (Phi) is 12.3. The molecule has 0 saturated carbocycles. The number of carboxylic acids is 2. The van der Waals surface area contributed by atoms with Gasteiger partial charge in [-0.2, -0.15) is 26.3 Å². The maximum absolute atomic E-state index is 13.0. The summed E-state index contributed by atoms with van der Waals surface area (Å²) in [5.41, 5.74) is -0.270. The van der Waals surface area contributed by atoms with Crippen molar-refractivity contribution >= 4 is 17.8 Å². The maximum atomic E-state index is 13.0. The minimum absolute atomic E-state index is 0.270. The van der Waals surface area contributed by atoms with E-state index >= 15 is 0 Å². The summed E-state index contributed by atoms with van der Waals surface area (Å²) in [5.74, 6) is -4.42. The van der Waals surface area contributed by atoms with Gasteiger partial charge in [0.15, 0.2) is 0 Å². The van der Waals surface area contributed by atoms with Gasteiger partial charge >= 0.3 is 24.3 Å². The number of alkyl halides is 6. The Bertz CT molecular complexity index is 754. The first kappa shape index (κ1) is 32.6. The van der Waals surface area contributed by atoms with Gasteiger partial charge in [-0.15, -0.1) is 6.58 Å². The Morgan fingerprint density at radius 3 is 1.86 bits per heavy atom. The SMILES string of the molecule is C=CCN1CCN(C)C2(CCN(CC3CCOCC3)CC2)C1=O.O=C(O)C(F)(F)F.O=C(O)C(F)(F)F. The molecule has 0 aromatic rings. The van der Waals surface area contributed by atoms with Gasteiger partial charge in [0.1, 0.15) is 5.54 Å². The standard InChI is InChI=1S/C18H31N3O2.2C2HF3O2/c1-3-8-21-12-11-19(2)18(17(21)22)6-9-20(10-7-18)15-16-4-13-23-14-5-16;2*3-2(4,5)1(6)7/h3,16H,1,4-15H2,2H3;2*(H,6,7). The van der Waals surface area contributed by atoms with Gasteiger partial charge < -0.3 is 24.7 Å². The number of piperazine rings is 1. The van der Waals surface area contributed by atoms with Gasteiger partial charge in [0.25, 0.3) is 0 Å². The first-order valence-electron chi connectivity index (χ1n) is 11.6. The van der Waals surface area contributed by atoms with Crippen molar-refractivity contribution in [2.45, 2.75) is 43.6 Å². The molecule has 2 N–H and O–H groups in total. The molecule has 214 valence electrons. The van der Waals surface area contributed by atoms with Crippen molar-refractivity contribution in [2.24, 2.45) is 5.92 Å². The average Bonchev–Trinajstić information content (AvgIpc) is 2.81. The molecule has 3 aliphatic rings. The van der Waals surface area contributed by atoms with Gasteiger partial charge in [-0.25, -0.2) is 9.59 Å². The summed E-state index contributed by atoms with van der Waals surface area (Å²) in [5, 5.41) is 14.2. The number of piperidine rings is 1. The van der Waals surface area contributed by atoms with E-state index in [9.17, 15) is 31.1 Å². The van der Waals surface area contributed by atoms with Gasteiger partial charge in [-0.1, -0.05) is 6.08 Å². The highest BCUT2D eigenvalue weighted by atomic mass is 19.4. The summed E-state index contributed by atoms with van der Waals surface area (Å²) >= 11 is 0. The van der Waals surface area contributed by atoms with Crippen molar-refractivity contribution in [1.82, 2.24) is 14.7 Å². The van der Waals surface area contributed by atoms with Crippen LogP contribution in [0.15, 0.2) is 12.7 Å². The summed E-state index contributed by atoms with van der Waals surface area (Å²) in [6.45, 7) is 11.4. The molecule has 0 aromatic heterocycles. The maximum Gasteiger partial charge on any atom is 0.490 e. The van der Waals surface area contributed by atoms with Crippen LogP contribution in [-0.2, 0) is 19.1 Å². The second-order valence-corrected chi connectivity index (χ2v) is 8.96. The van der Waals surface area contributed by atoms with E-state index in [0.717, 1.165) is 58.2 Å². The molecule has 0 radical (unpaired) electrons. The van der Waals surface area contributed by atoms with Crippen LogP contribution < -0.4 is 0 Å². The number of carbonyl (C=O) groups excluding carboxylic acids is 1. The van der Waals surface area contributed by atoms with Gasteiger partial charge in [-0.3, -0.25) is 9.69 Å². The molecule has 9 nitrogen and oxygen atoms in total. The molecular formula is C22H33F6N3O6. The number of halogens is 6.